The summed E-state index contributed by atoms with van der Waals surface area (Å²) in [5, 5.41) is 0.514. The Bertz CT molecular complexity index is 460. The quantitative estimate of drug-likeness (QED) is 0.770. The van der Waals surface area contributed by atoms with E-state index in [1.54, 1.807) is 18.2 Å². The number of fused-ring (bicyclic) bond motifs is 1. The molecule has 1 heterocycles. The Hall–Kier alpha value is -1.35. The van der Waals surface area contributed by atoms with E-state index in [9.17, 15) is 4.39 Å². The zero-order chi connectivity index (χ0) is 10.8. The van der Waals surface area contributed by atoms with Crippen molar-refractivity contribution in [2.45, 2.75) is 26.6 Å². The van der Waals surface area contributed by atoms with Gasteiger partial charge in [0, 0.05) is 0 Å². The minimum atomic E-state index is -0.257. The predicted octanol–water partition coefficient (Wildman–Crippen LogP) is 3.50. The standard InChI is InChI=1S/C12H13FO2/c1-8(2)14-7-9-6-10-11(13)4-3-5-12(10)15-9/h3-6,8H,7H2,1-2H3. The largest absolute Gasteiger partial charge is 0.458 e. The molecule has 2 nitrogen and oxygen atoms in total. The van der Waals surface area contributed by atoms with Crippen LogP contribution in [0.1, 0.15) is 19.6 Å². The summed E-state index contributed by atoms with van der Waals surface area (Å²) in [5.74, 6) is 0.399. The van der Waals surface area contributed by atoms with Gasteiger partial charge in [-0.25, -0.2) is 4.39 Å². The lowest BCUT2D eigenvalue weighted by atomic mass is 10.2. The maximum absolute atomic E-state index is 13.3. The first kappa shape index (κ1) is 10.2. The number of benzene rings is 1. The summed E-state index contributed by atoms with van der Waals surface area (Å²) in [6, 6.07) is 6.49. The molecule has 15 heavy (non-hydrogen) atoms. The summed E-state index contributed by atoms with van der Waals surface area (Å²) in [4.78, 5) is 0. The van der Waals surface area contributed by atoms with Crippen LogP contribution in [0.2, 0.25) is 0 Å². The highest BCUT2D eigenvalue weighted by molar-refractivity contribution is 5.78. The maximum Gasteiger partial charge on any atom is 0.137 e. The van der Waals surface area contributed by atoms with Gasteiger partial charge >= 0.3 is 0 Å². The smallest absolute Gasteiger partial charge is 0.137 e. The van der Waals surface area contributed by atoms with Gasteiger partial charge in [0.1, 0.15) is 23.8 Å². The second-order valence-corrected chi connectivity index (χ2v) is 3.72. The first-order valence-corrected chi connectivity index (χ1v) is 4.95. The molecule has 3 heteroatoms. The number of rotatable bonds is 3. The molecule has 0 fully saturated rings. The average molecular weight is 208 g/mol. The van der Waals surface area contributed by atoms with Crippen LogP contribution in [-0.4, -0.2) is 6.10 Å². The zero-order valence-electron chi connectivity index (χ0n) is 8.79. The Morgan fingerprint density at radius 2 is 2.20 bits per heavy atom. The third-order valence-corrected chi connectivity index (χ3v) is 2.12. The monoisotopic (exact) mass is 208 g/mol. The summed E-state index contributed by atoms with van der Waals surface area (Å²) in [6.07, 6.45) is 0.142. The van der Waals surface area contributed by atoms with Crippen molar-refractivity contribution in [2.75, 3.05) is 0 Å². The molecule has 0 radical (unpaired) electrons. The van der Waals surface area contributed by atoms with Crippen molar-refractivity contribution in [2.24, 2.45) is 0 Å². The lowest BCUT2D eigenvalue weighted by Gasteiger charge is -2.03. The molecule has 1 aromatic carbocycles. The van der Waals surface area contributed by atoms with Crippen molar-refractivity contribution in [3.8, 4) is 0 Å². The molecule has 0 bridgehead atoms. The SMILES string of the molecule is CC(C)OCc1cc2c(F)cccc2o1. The fourth-order valence-electron chi connectivity index (χ4n) is 1.40. The molecule has 80 valence electrons. The molecule has 0 aliphatic carbocycles. The van der Waals surface area contributed by atoms with E-state index in [2.05, 4.69) is 0 Å². The van der Waals surface area contributed by atoms with Crippen LogP contribution in [0.4, 0.5) is 4.39 Å². The molecule has 0 amide bonds. The Balaban J connectivity index is 2.27. The van der Waals surface area contributed by atoms with Gasteiger partial charge in [0.2, 0.25) is 0 Å². The summed E-state index contributed by atoms with van der Waals surface area (Å²) in [5.41, 5.74) is 0.567. The molecular weight excluding hydrogens is 195 g/mol. The van der Waals surface area contributed by atoms with Crippen LogP contribution >= 0.6 is 0 Å². The third-order valence-electron chi connectivity index (χ3n) is 2.12. The van der Waals surface area contributed by atoms with Crippen LogP contribution in [0, 0.1) is 5.82 Å². The van der Waals surface area contributed by atoms with Gasteiger partial charge in [-0.15, -0.1) is 0 Å². The zero-order valence-corrected chi connectivity index (χ0v) is 8.79. The Labute approximate surface area is 87.6 Å². The van der Waals surface area contributed by atoms with E-state index in [-0.39, 0.29) is 11.9 Å². The number of hydrogen-bond acceptors (Lipinski definition) is 2. The number of halogens is 1. The Kier molecular flexibility index (Phi) is 2.73. The van der Waals surface area contributed by atoms with Crippen molar-refractivity contribution in [1.29, 1.82) is 0 Å². The van der Waals surface area contributed by atoms with Gasteiger partial charge in [-0.2, -0.15) is 0 Å². The van der Waals surface area contributed by atoms with E-state index in [4.69, 9.17) is 9.15 Å². The van der Waals surface area contributed by atoms with E-state index in [0.717, 1.165) is 0 Å². The highest BCUT2D eigenvalue weighted by atomic mass is 19.1. The second kappa shape index (κ2) is 4.03. The molecule has 0 spiro atoms. The lowest BCUT2D eigenvalue weighted by Crippen LogP contribution is -2.01. The minimum absolute atomic E-state index is 0.142. The Morgan fingerprint density at radius 3 is 2.87 bits per heavy atom. The van der Waals surface area contributed by atoms with Gasteiger partial charge in [0.05, 0.1) is 11.5 Å². The van der Waals surface area contributed by atoms with Crippen molar-refractivity contribution in [3.63, 3.8) is 0 Å². The number of ether oxygens (including phenoxy) is 1. The average Bonchev–Trinajstić information content (AvgIpc) is 2.59. The first-order chi connectivity index (χ1) is 7.16. The van der Waals surface area contributed by atoms with Gasteiger partial charge in [-0.05, 0) is 32.0 Å². The topological polar surface area (TPSA) is 22.4 Å². The third kappa shape index (κ3) is 2.18. The molecule has 0 saturated carbocycles. The molecule has 0 saturated heterocycles. The van der Waals surface area contributed by atoms with Crippen molar-refractivity contribution in [3.05, 3.63) is 35.8 Å². The van der Waals surface area contributed by atoms with Crippen molar-refractivity contribution < 1.29 is 13.5 Å². The minimum Gasteiger partial charge on any atom is -0.458 e. The molecule has 2 aromatic rings. The van der Waals surface area contributed by atoms with Crippen molar-refractivity contribution in [1.82, 2.24) is 0 Å². The molecule has 2 rings (SSSR count). The summed E-state index contributed by atoms with van der Waals surface area (Å²) >= 11 is 0. The van der Waals surface area contributed by atoms with E-state index in [1.807, 2.05) is 13.8 Å². The lowest BCUT2D eigenvalue weighted by molar-refractivity contribution is 0.0553. The predicted molar refractivity (Wildman–Crippen MR) is 56.1 cm³/mol. The fraction of sp³-hybridized carbons (Fsp3) is 0.333. The van der Waals surface area contributed by atoms with E-state index in [0.29, 0.717) is 23.3 Å². The molecule has 0 aliphatic rings. The van der Waals surface area contributed by atoms with E-state index >= 15 is 0 Å². The van der Waals surface area contributed by atoms with Crippen LogP contribution in [0.15, 0.2) is 28.7 Å². The van der Waals surface area contributed by atoms with E-state index in [1.165, 1.54) is 6.07 Å². The number of hydrogen-bond donors (Lipinski definition) is 0. The van der Waals surface area contributed by atoms with Gasteiger partial charge < -0.3 is 9.15 Å². The van der Waals surface area contributed by atoms with Gasteiger partial charge in [-0.3, -0.25) is 0 Å². The summed E-state index contributed by atoms with van der Waals surface area (Å²) in [7, 11) is 0. The molecular formula is C12H13FO2. The summed E-state index contributed by atoms with van der Waals surface area (Å²) in [6.45, 7) is 4.28. The molecule has 0 unspecified atom stereocenters. The van der Waals surface area contributed by atoms with Gasteiger partial charge in [0.25, 0.3) is 0 Å². The van der Waals surface area contributed by atoms with Crippen molar-refractivity contribution >= 4 is 11.0 Å². The molecule has 1 aromatic heterocycles. The molecule has 0 atom stereocenters. The second-order valence-electron chi connectivity index (χ2n) is 3.72. The normalized spacial score (nSPS) is 11.5. The van der Waals surface area contributed by atoms with Gasteiger partial charge in [0.15, 0.2) is 0 Å². The molecule has 0 N–H and O–H groups in total. The van der Waals surface area contributed by atoms with Crippen LogP contribution < -0.4 is 0 Å². The number of furan rings is 1. The Morgan fingerprint density at radius 1 is 1.40 bits per heavy atom. The highest BCUT2D eigenvalue weighted by Gasteiger charge is 2.07. The van der Waals surface area contributed by atoms with Crippen LogP contribution in [0.25, 0.3) is 11.0 Å². The van der Waals surface area contributed by atoms with E-state index < -0.39 is 0 Å². The highest BCUT2D eigenvalue weighted by Crippen LogP contribution is 2.22. The van der Waals surface area contributed by atoms with Crippen LogP contribution in [-0.2, 0) is 11.3 Å². The fourth-order valence-corrected chi connectivity index (χ4v) is 1.40. The van der Waals surface area contributed by atoms with Crippen LogP contribution in [0.5, 0.6) is 0 Å². The summed E-state index contributed by atoms with van der Waals surface area (Å²) < 4.78 is 24.1. The van der Waals surface area contributed by atoms with Crippen LogP contribution in [0.3, 0.4) is 0 Å². The first-order valence-electron chi connectivity index (χ1n) is 4.95. The molecule has 0 aliphatic heterocycles. The van der Waals surface area contributed by atoms with Gasteiger partial charge in [-0.1, -0.05) is 6.07 Å². The maximum atomic E-state index is 13.3.